The number of benzene rings is 1. The number of halogens is 1. The van der Waals surface area contributed by atoms with Crippen molar-refractivity contribution in [3.63, 3.8) is 0 Å². The molecule has 1 fully saturated rings. The maximum absolute atomic E-state index is 11.7. The van der Waals surface area contributed by atoms with Crippen molar-refractivity contribution in [3.8, 4) is 0 Å². The molecule has 0 N–H and O–H groups in total. The molecule has 3 nitrogen and oxygen atoms in total. The van der Waals surface area contributed by atoms with E-state index in [1.54, 1.807) is 4.90 Å². The number of likely N-dealkylation sites (tertiary alicyclic amines) is 1. The van der Waals surface area contributed by atoms with Crippen molar-refractivity contribution in [1.82, 2.24) is 4.90 Å². The molecule has 0 aliphatic carbocycles. The monoisotopic (exact) mass is 409 g/mol. The number of nitrogens with zero attached hydrogens (tertiary/aromatic N) is 1. The zero-order valence-corrected chi connectivity index (χ0v) is 15.5. The molecule has 0 bridgehead atoms. The predicted octanol–water partition coefficient (Wildman–Crippen LogP) is -0.375. The van der Waals surface area contributed by atoms with Crippen molar-refractivity contribution >= 4 is 6.09 Å². The molecule has 0 aromatic heterocycles. The standard InChI is InChI=1S/C13H16NO2.HI.Zn/c15-13(14-9-5-2-6-10-14)16-11-12-7-3-1-4-8-12;;/h1-4,7-8H,5-6,9-11H2;1H;/p-1. The number of amides is 1. The van der Waals surface area contributed by atoms with Crippen LogP contribution < -0.4 is 24.0 Å². The summed E-state index contributed by atoms with van der Waals surface area (Å²) in [6.07, 6.45) is 3.96. The van der Waals surface area contributed by atoms with E-state index in [1.165, 1.54) is 0 Å². The van der Waals surface area contributed by atoms with Crippen LogP contribution in [0.1, 0.15) is 18.4 Å². The van der Waals surface area contributed by atoms with E-state index in [0.29, 0.717) is 6.61 Å². The third kappa shape index (κ3) is 5.66. The molecule has 1 amide bonds. The normalized spacial score (nSPS) is 14.1. The number of hydrogen-bond acceptors (Lipinski definition) is 2. The number of piperidine rings is 1. The van der Waals surface area contributed by atoms with E-state index in [9.17, 15) is 4.79 Å². The number of ether oxygens (including phenoxy) is 1. The Balaban J connectivity index is 0.00000144. The van der Waals surface area contributed by atoms with E-state index in [1.807, 2.05) is 30.3 Å². The van der Waals surface area contributed by atoms with Gasteiger partial charge in [-0.25, -0.2) is 4.79 Å². The van der Waals surface area contributed by atoms with Gasteiger partial charge in [0, 0.05) is 32.6 Å². The first kappa shape index (κ1) is 17.8. The van der Waals surface area contributed by atoms with E-state index in [-0.39, 0.29) is 49.5 Å². The summed E-state index contributed by atoms with van der Waals surface area (Å²) >= 11 is 0. The maximum Gasteiger partial charge on any atom is 0.410 e. The van der Waals surface area contributed by atoms with Gasteiger partial charge in [-0.1, -0.05) is 30.3 Å². The van der Waals surface area contributed by atoms with E-state index < -0.39 is 0 Å². The molecule has 95 valence electrons. The van der Waals surface area contributed by atoms with Crippen molar-refractivity contribution < 1.29 is 53.0 Å². The minimum Gasteiger partial charge on any atom is -1.00 e. The van der Waals surface area contributed by atoms with Gasteiger partial charge in [-0.05, 0) is 24.8 Å². The molecule has 1 aliphatic heterocycles. The zero-order chi connectivity index (χ0) is 11.2. The second-order valence-corrected chi connectivity index (χ2v) is 3.89. The van der Waals surface area contributed by atoms with E-state index >= 15 is 0 Å². The third-order valence-electron chi connectivity index (χ3n) is 2.67. The van der Waals surface area contributed by atoms with Crippen LogP contribution in [-0.2, 0) is 30.8 Å². The Kier molecular flexibility index (Phi) is 9.65. The number of carbonyl (C=O) groups excluding carboxylic acids is 1. The van der Waals surface area contributed by atoms with Gasteiger partial charge in [0.25, 0.3) is 0 Å². The average molecular weight is 411 g/mol. The molecule has 0 unspecified atom stereocenters. The number of rotatable bonds is 2. The molecular weight excluding hydrogens is 394 g/mol. The van der Waals surface area contributed by atoms with Gasteiger partial charge in [0.15, 0.2) is 0 Å². The predicted molar refractivity (Wildman–Crippen MR) is 61.7 cm³/mol. The summed E-state index contributed by atoms with van der Waals surface area (Å²) in [5.41, 5.74) is 1.03. The van der Waals surface area contributed by atoms with E-state index in [4.69, 9.17) is 4.74 Å². The zero-order valence-electron chi connectivity index (χ0n) is 10.3. The smallest absolute Gasteiger partial charge is 0.410 e. The van der Waals surface area contributed by atoms with Crippen molar-refractivity contribution in [2.24, 2.45) is 0 Å². The summed E-state index contributed by atoms with van der Waals surface area (Å²) in [7, 11) is 0. The van der Waals surface area contributed by atoms with Crippen LogP contribution in [0.4, 0.5) is 4.79 Å². The van der Waals surface area contributed by atoms with Crippen LogP contribution in [0.25, 0.3) is 0 Å². The fourth-order valence-corrected chi connectivity index (χ4v) is 1.74. The van der Waals surface area contributed by atoms with Gasteiger partial charge < -0.3 is 33.6 Å². The molecule has 0 atom stereocenters. The fraction of sp³-hybridized carbons (Fsp3) is 0.385. The number of carbonyl (C=O) groups is 1. The Morgan fingerprint density at radius 3 is 2.39 bits per heavy atom. The number of hydrogen-bond donors (Lipinski definition) is 0. The van der Waals surface area contributed by atoms with Gasteiger partial charge >= 0.3 is 6.09 Å². The summed E-state index contributed by atoms with van der Waals surface area (Å²) in [6, 6.07) is 9.75. The molecule has 1 radical (unpaired) electrons. The van der Waals surface area contributed by atoms with Gasteiger partial charge in [0.2, 0.25) is 0 Å². The van der Waals surface area contributed by atoms with Crippen LogP contribution in [-0.4, -0.2) is 24.1 Å². The Morgan fingerprint density at radius 1 is 1.17 bits per heavy atom. The van der Waals surface area contributed by atoms with Gasteiger partial charge in [-0.2, -0.15) is 0 Å². The fourth-order valence-electron chi connectivity index (χ4n) is 1.74. The minimum atomic E-state index is -0.197. The third-order valence-corrected chi connectivity index (χ3v) is 2.67. The first-order valence-electron chi connectivity index (χ1n) is 5.63. The van der Waals surface area contributed by atoms with Gasteiger partial charge in [0.05, 0.1) is 0 Å². The average Bonchev–Trinajstić information content (AvgIpc) is 2.38. The first-order chi connectivity index (χ1) is 7.86. The molecule has 1 aliphatic rings. The van der Waals surface area contributed by atoms with Crippen LogP contribution in [0.2, 0.25) is 0 Å². The van der Waals surface area contributed by atoms with Crippen molar-refractivity contribution in [2.45, 2.75) is 19.4 Å². The molecule has 1 aromatic carbocycles. The van der Waals surface area contributed by atoms with Crippen molar-refractivity contribution in [2.75, 3.05) is 13.1 Å². The Labute approximate surface area is 138 Å². The molecule has 1 saturated heterocycles. The summed E-state index contributed by atoms with van der Waals surface area (Å²) in [6.45, 7) is 1.93. The largest absolute Gasteiger partial charge is 1.00 e. The topological polar surface area (TPSA) is 29.5 Å². The van der Waals surface area contributed by atoms with Crippen LogP contribution in [0, 0.1) is 6.42 Å². The molecule has 2 rings (SSSR count). The molecule has 0 saturated carbocycles. The Morgan fingerprint density at radius 2 is 1.78 bits per heavy atom. The van der Waals surface area contributed by atoms with E-state index in [0.717, 1.165) is 31.5 Å². The second-order valence-electron chi connectivity index (χ2n) is 3.89. The molecule has 18 heavy (non-hydrogen) atoms. The molecule has 1 aromatic rings. The van der Waals surface area contributed by atoms with Crippen LogP contribution in [0.15, 0.2) is 30.3 Å². The minimum absolute atomic E-state index is 0. The second kappa shape index (κ2) is 9.73. The maximum atomic E-state index is 11.7. The first-order valence-corrected chi connectivity index (χ1v) is 5.63. The van der Waals surface area contributed by atoms with Crippen LogP contribution >= 0.6 is 0 Å². The van der Waals surface area contributed by atoms with Gasteiger partial charge in [0.1, 0.15) is 6.61 Å². The molecular formula is C13H16INO2Zn-. The molecule has 1 heterocycles. The molecule has 5 heteroatoms. The van der Waals surface area contributed by atoms with Crippen LogP contribution in [0.5, 0.6) is 0 Å². The van der Waals surface area contributed by atoms with Crippen LogP contribution in [0.3, 0.4) is 0 Å². The summed E-state index contributed by atoms with van der Waals surface area (Å²) in [5.74, 6) is 0. The van der Waals surface area contributed by atoms with Crippen molar-refractivity contribution in [1.29, 1.82) is 0 Å². The summed E-state index contributed by atoms with van der Waals surface area (Å²) in [5, 5.41) is 0. The summed E-state index contributed by atoms with van der Waals surface area (Å²) < 4.78 is 5.24. The molecule has 0 spiro atoms. The summed E-state index contributed by atoms with van der Waals surface area (Å²) in [4.78, 5) is 13.4. The Bertz CT molecular complexity index is 342. The van der Waals surface area contributed by atoms with Gasteiger partial charge in [-0.3, -0.25) is 0 Å². The Hall–Kier alpha value is -0.157. The van der Waals surface area contributed by atoms with Crippen molar-refractivity contribution in [3.05, 3.63) is 42.3 Å². The quantitative estimate of drug-likeness (QED) is 0.492. The SMILES string of the molecule is O=C(OCc1ccccc1)N1CC[CH]CC1.[I-].[Zn]. The van der Waals surface area contributed by atoms with E-state index in [2.05, 4.69) is 6.42 Å². The van der Waals surface area contributed by atoms with Gasteiger partial charge in [-0.15, -0.1) is 0 Å².